The molecule has 6 nitrogen and oxygen atoms in total. The number of hydrogen-bond acceptors (Lipinski definition) is 6. The molecule has 0 aromatic carbocycles. The van der Waals surface area contributed by atoms with Crippen LogP contribution in [0.15, 0.2) is 12.4 Å². The van der Waals surface area contributed by atoms with E-state index in [1.54, 1.807) is 11.8 Å². The van der Waals surface area contributed by atoms with E-state index >= 15 is 0 Å². The summed E-state index contributed by atoms with van der Waals surface area (Å²) in [5.41, 5.74) is -0.0951. The van der Waals surface area contributed by atoms with Gasteiger partial charge < -0.3 is 5.32 Å². The van der Waals surface area contributed by atoms with Crippen LogP contribution in [0.3, 0.4) is 0 Å². The molecule has 0 aliphatic heterocycles. The van der Waals surface area contributed by atoms with Crippen molar-refractivity contribution in [1.82, 2.24) is 9.97 Å². The lowest BCUT2D eigenvalue weighted by Crippen LogP contribution is -2.17. The second kappa shape index (κ2) is 6.26. The smallest absolute Gasteiger partial charge is 0.305 e. The Labute approximate surface area is 98.0 Å². The minimum absolute atomic E-state index is 0.0951. The predicted molar refractivity (Wildman–Crippen MR) is 64.8 cm³/mol. The topological polar surface area (TPSA) is 81.0 Å². The number of thioether (sulfide) groups is 1. The number of aromatic nitrogens is 2. The Bertz CT molecular complexity index is 344. The van der Waals surface area contributed by atoms with Crippen LogP contribution >= 0.6 is 11.8 Å². The van der Waals surface area contributed by atoms with Gasteiger partial charge >= 0.3 is 5.69 Å². The molecule has 7 heteroatoms. The number of nitrogens with zero attached hydrogens (tertiary/aromatic N) is 3. The van der Waals surface area contributed by atoms with E-state index < -0.39 is 4.92 Å². The van der Waals surface area contributed by atoms with E-state index in [9.17, 15) is 10.1 Å². The Morgan fingerprint density at radius 1 is 1.56 bits per heavy atom. The van der Waals surface area contributed by atoms with Crippen molar-refractivity contribution in [2.24, 2.45) is 0 Å². The second-order valence-corrected chi connectivity index (χ2v) is 4.33. The summed E-state index contributed by atoms with van der Waals surface area (Å²) in [4.78, 5) is 17.6. The fourth-order valence-corrected chi connectivity index (χ4v) is 1.67. The highest BCUT2D eigenvalue weighted by Gasteiger charge is 2.08. The first kappa shape index (κ1) is 12.7. The third-order valence-electron chi connectivity index (χ3n) is 1.98. The fraction of sp³-hybridized carbons (Fsp3) is 0.556. The second-order valence-electron chi connectivity index (χ2n) is 3.35. The molecule has 0 spiro atoms. The van der Waals surface area contributed by atoms with Crippen molar-refractivity contribution >= 4 is 23.4 Å². The summed E-state index contributed by atoms with van der Waals surface area (Å²) in [6, 6.07) is 0.258. The van der Waals surface area contributed by atoms with Crippen LogP contribution < -0.4 is 5.32 Å². The standard InChI is InChI=1S/C9H14N4O2S/c1-7(3-4-16-2)12-9-10-5-8(6-11-9)13(14)15/h5-7H,3-4H2,1-2H3,(H,10,11,12). The highest BCUT2D eigenvalue weighted by atomic mass is 32.2. The van der Waals surface area contributed by atoms with E-state index in [2.05, 4.69) is 21.5 Å². The van der Waals surface area contributed by atoms with E-state index in [1.165, 1.54) is 12.4 Å². The number of rotatable bonds is 6. The minimum atomic E-state index is -0.513. The zero-order valence-corrected chi connectivity index (χ0v) is 10.0. The Hall–Kier alpha value is -1.37. The zero-order valence-electron chi connectivity index (χ0n) is 9.21. The molecule has 1 atom stereocenters. The van der Waals surface area contributed by atoms with E-state index in [0.717, 1.165) is 12.2 Å². The van der Waals surface area contributed by atoms with Gasteiger partial charge in [0.15, 0.2) is 0 Å². The van der Waals surface area contributed by atoms with Gasteiger partial charge in [0.1, 0.15) is 12.4 Å². The van der Waals surface area contributed by atoms with Gasteiger partial charge in [-0.25, -0.2) is 9.97 Å². The van der Waals surface area contributed by atoms with Crippen molar-refractivity contribution in [2.45, 2.75) is 19.4 Å². The lowest BCUT2D eigenvalue weighted by Gasteiger charge is -2.12. The summed E-state index contributed by atoms with van der Waals surface area (Å²) in [7, 11) is 0. The molecule has 1 heterocycles. The molecule has 1 aromatic heterocycles. The number of nitrogens with one attached hydrogen (secondary N) is 1. The van der Waals surface area contributed by atoms with Crippen LogP contribution in [-0.4, -0.2) is 32.9 Å². The highest BCUT2D eigenvalue weighted by Crippen LogP contribution is 2.10. The van der Waals surface area contributed by atoms with Crippen LogP contribution in [0, 0.1) is 10.1 Å². The largest absolute Gasteiger partial charge is 0.352 e. The van der Waals surface area contributed by atoms with Gasteiger partial charge in [-0.1, -0.05) is 0 Å². The van der Waals surface area contributed by atoms with Crippen LogP contribution in [0.5, 0.6) is 0 Å². The first-order valence-electron chi connectivity index (χ1n) is 4.85. The van der Waals surface area contributed by atoms with Crippen molar-refractivity contribution < 1.29 is 4.92 Å². The van der Waals surface area contributed by atoms with Gasteiger partial charge in [-0.3, -0.25) is 10.1 Å². The maximum atomic E-state index is 10.4. The van der Waals surface area contributed by atoms with E-state index in [-0.39, 0.29) is 11.7 Å². The molecule has 0 aliphatic carbocycles. The van der Waals surface area contributed by atoms with Gasteiger partial charge in [0.25, 0.3) is 0 Å². The third kappa shape index (κ3) is 4.01. The Kier molecular flexibility index (Phi) is 4.97. The molecule has 0 saturated carbocycles. The molecule has 0 saturated heterocycles. The van der Waals surface area contributed by atoms with Gasteiger partial charge in [0, 0.05) is 6.04 Å². The third-order valence-corrected chi connectivity index (χ3v) is 2.62. The van der Waals surface area contributed by atoms with E-state index in [1.807, 2.05) is 6.92 Å². The van der Waals surface area contributed by atoms with Crippen molar-refractivity contribution in [1.29, 1.82) is 0 Å². The van der Waals surface area contributed by atoms with Gasteiger partial charge in [0.2, 0.25) is 5.95 Å². The molecule has 0 amide bonds. The highest BCUT2D eigenvalue weighted by molar-refractivity contribution is 7.98. The van der Waals surface area contributed by atoms with Gasteiger partial charge in [0.05, 0.1) is 4.92 Å². The summed E-state index contributed by atoms with van der Waals surface area (Å²) in [6.07, 6.45) is 5.46. The summed E-state index contributed by atoms with van der Waals surface area (Å²) in [6.45, 7) is 2.03. The lowest BCUT2D eigenvalue weighted by atomic mass is 10.3. The average molecular weight is 242 g/mol. The quantitative estimate of drug-likeness (QED) is 0.606. The molecule has 1 aromatic rings. The molecule has 0 fully saturated rings. The van der Waals surface area contributed by atoms with Crippen LogP contribution in [-0.2, 0) is 0 Å². The SMILES string of the molecule is CSCCC(C)Nc1ncc([N+](=O)[O-])cn1. The Balaban J connectivity index is 2.51. The van der Waals surface area contributed by atoms with E-state index in [0.29, 0.717) is 5.95 Å². The molecule has 0 bridgehead atoms. The molecular formula is C9H14N4O2S. The maximum absolute atomic E-state index is 10.4. The molecule has 0 radical (unpaired) electrons. The molecular weight excluding hydrogens is 228 g/mol. The first-order chi connectivity index (χ1) is 7.63. The minimum Gasteiger partial charge on any atom is -0.352 e. The van der Waals surface area contributed by atoms with Crippen LogP contribution in [0.4, 0.5) is 11.6 Å². The zero-order chi connectivity index (χ0) is 12.0. The van der Waals surface area contributed by atoms with Crippen molar-refractivity contribution in [2.75, 3.05) is 17.3 Å². The number of hydrogen-bond donors (Lipinski definition) is 1. The average Bonchev–Trinajstić information content (AvgIpc) is 2.27. The summed E-state index contributed by atoms with van der Waals surface area (Å²) in [5, 5.41) is 13.5. The van der Waals surface area contributed by atoms with Gasteiger partial charge in [-0.15, -0.1) is 0 Å². The summed E-state index contributed by atoms with van der Waals surface area (Å²) < 4.78 is 0. The molecule has 1 rings (SSSR count). The molecule has 0 aliphatic rings. The fourth-order valence-electron chi connectivity index (χ4n) is 1.08. The Morgan fingerprint density at radius 3 is 2.69 bits per heavy atom. The van der Waals surface area contributed by atoms with Gasteiger partial charge in [-0.05, 0) is 25.4 Å². The van der Waals surface area contributed by atoms with Crippen LogP contribution in [0.25, 0.3) is 0 Å². The molecule has 1 unspecified atom stereocenters. The molecule has 1 N–H and O–H groups in total. The van der Waals surface area contributed by atoms with E-state index in [4.69, 9.17) is 0 Å². The number of anilines is 1. The van der Waals surface area contributed by atoms with Crippen LogP contribution in [0.1, 0.15) is 13.3 Å². The first-order valence-corrected chi connectivity index (χ1v) is 6.24. The summed E-state index contributed by atoms with van der Waals surface area (Å²) in [5.74, 6) is 1.49. The number of nitro groups is 1. The monoisotopic (exact) mass is 242 g/mol. The predicted octanol–water partition coefficient (Wildman–Crippen LogP) is 1.94. The lowest BCUT2D eigenvalue weighted by molar-refractivity contribution is -0.385. The normalized spacial score (nSPS) is 12.1. The van der Waals surface area contributed by atoms with Crippen molar-refractivity contribution in [3.8, 4) is 0 Å². The molecule has 16 heavy (non-hydrogen) atoms. The molecule has 88 valence electrons. The summed E-state index contributed by atoms with van der Waals surface area (Å²) >= 11 is 1.78. The van der Waals surface area contributed by atoms with Crippen molar-refractivity contribution in [3.63, 3.8) is 0 Å². The van der Waals surface area contributed by atoms with Crippen LogP contribution in [0.2, 0.25) is 0 Å². The maximum Gasteiger partial charge on any atom is 0.305 e. The Morgan fingerprint density at radius 2 is 2.19 bits per heavy atom. The van der Waals surface area contributed by atoms with Crippen molar-refractivity contribution in [3.05, 3.63) is 22.5 Å². The van der Waals surface area contributed by atoms with Gasteiger partial charge in [-0.2, -0.15) is 11.8 Å².